The average molecular weight is 714 g/mol. The summed E-state index contributed by atoms with van der Waals surface area (Å²) in [6.07, 6.45) is 0. The van der Waals surface area contributed by atoms with Gasteiger partial charge in [0.2, 0.25) is 5.95 Å². The molecule has 12 aromatic rings. The molecule has 5 heteroatoms. The summed E-state index contributed by atoms with van der Waals surface area (Å²) in [7, 11) is 0. The lowest BCUT2D eigenvalue weighted by molar-refractivity contribution is 0.954. The van der Waals surface area contributed by atoms with Gasteiger partial charge in [-0.1, -0.05) is 152 Å². The van der Waals surface area contributed by atoms with Gasteiger partial charge >= 0.3 is 0 Å². The fourth-order valence-electron chi connectivity index (χ4n) is 8.95. The van der Waals surface area contributed by atoms with Crippen molar-refractivity contribution in [2.45, 2.75) is 0 Å². The Kier molecular flexibility index (Phi) is 6.56. The van der Waals surface area contributed by atoms with Crippen LogP contribution < -0.4 is 0 Å². The van der Waals surface area contributed by atoms with Crippen LogP contribution in [0.25, 0.3) is 110 Å². The highest BCUT2D eigenvalue weighted by molar-refractivity contribution is 6.32. The zero-order valence-electron chi connectivity index (χ0n) is 30.1. The van der Waals surface area contributed by atoms with Crippen LogP contribution in [0.15, 0.2) is 188 Å². The molecule has 0 radical (unpaired) electrons. The molecule has 0 unspecified atom stereocenters. The second-order valence-corrected chi connectivity index (χ2v) is 14.4. The van der Waals surface area contributed by atoms with Crippen molar-refractivity contribution in [2.75, 3.05) is 0 Å². The minimum atomic E-state index is 0.577. The highest BCUT2D eigenvalue weighted by Crippen LogP contribution is 2.43. The van der Waals surface area contributed by atoms with E-state index in [0.717, 1.165) is 55.0 Å². The fourth-order valence-corrected chi connectivity index (χ4v) is 8.95. The summed E-state index contributed by atoms with van der Waals surface area (Å²) < 4.78 is 4.57. The molecule has 0 aliphatic heterocycles. The predicted octanol–water partition coefficient (Wildman–Crippen LogP) is 12.9. The van der Waals surface area contributed by atoms with E-state index in [1.807, 2.05) is 18.2 Å². The topological polar surface area (TPSA) is 48.5 Å². The van der Waals surface area contributed by atoms with Crippen molar-refractivity contribution in [1.29, 1.82) is 0 Å². The molecule has 0 saturated heterocycles. The molecule has 3 aromatic heterocycles. The average Bonchev–Trinajstić information content (AvgIpc) is 3.80. The van der Waals surface area contributed by atoms with Crippen LogP contribution in [-0.2, 0) is 0 Å². The Hall–Kier alpha value is -7.63. The van der Waals surface area contributed by atoms with Crippen molar-refractivity contribution in [2.24, 2.45) is 0 Å². The van der Waals surface area contributed by atoms with Crippen LogP contribution in [0.3, 0.4) is 0 Å². The van der Waals surface area contributed by atoms with Gasteiger partial charge in [-0.2, -0.15) is 9.97 Å². The molecular weight excluding hydrogens is 683 g/mol. The van der Waals surface area contributed by atoms with E-state index >= 15 is 0 Å². The number of aromatic nitrogens is 5. The lowest BCUT2D eigenvalue weighted by Gasteiger charge is -2.13. The molecule has 0 spiro atoms. The SMILES string of the molecule is c1ccc(-c2nc(-c3cccc4c3c3ccccc3n4-c3ccccc3)nc(-n3c4ccccc4c4c5c(ccc6ccc7ccccc7c65)ccc43)n2)cc1. The van der Waals surface area contributed by atoms with Crippen LogP contribution in [0.5, 0.6) is 0 Å². The van der Waals surface area contributed by atoms with Crippen LogP contribution in [0.4, 0.5) is 0 Å². The molecular formula is C51H31N5. The van der Waals surface area contributed by atoms with Gasteiger partial charge in [-0.15, -0.1) is 0 Å². The number of benzene rings is 9. The van der Waals surface area contributed by atoms with Gasteiger partial charge in [0.15, 0.2) is 11.6 Å². The van der Waals surface area contributed by atoms with E-state index in [9.17, 15) is 0 Å². The maximum absolute atomic E-state index is 5.43. The highest BCUT2D eigenvalue weighted by atomic mass is 15.2. The van der Waals surface area contributed by atoms with Gasteiger partial charge in [-0.05, 0) is 63.3 Å². The Morgan fingerprint density at radius 1 is 0.304 bits per heavy atom. The van der Waals surface area contributed by atoms with Crippen molar-refractivity contribution in [3.8, 4) is 34.4 Å². The molecule has 0 aliphatic carbocycles. The molecule has 0 amide bonds. The molecule has 0 aliphatic rings. The van der Waals surface area contributed by atoms with Crippen LogP contribution in [0, 0.1) is 0 Å². The second-order valence-electron chi connectivity index (χ2n) is 14.4. The van der Waals surface area contributed by atoms with Gasteiger partial charge in [0, 0.05) is 43.7 Å². The van der Waals surface area contributed by atoms with E-state index < -0.39 is 0 Å². The maximum Gasteiger partial charge on any atom is 0.238 e. The summed E-state index contributed by atoms with van der Waals surface area (Å²) >= 11 is 0. The molecule has 0 atom stereocenters. The Labute approximate surface area is 321 Å². The first-order chi connectivity index (χ1) is 27.8. The van der Waals surface area contributed by atoms with Gasteiger partial charge in [0.1, 0.15) is 0 Å². The quantitative estimate of drug-likeness (QED) is 0.171. The van der Waals surface area contributed by atoms with Crippen LogP contribution in [0.1, 0.15) is 0 Å². The number of hydrogen-bond acceptors (Lipinski definition) is 3. The highest BCUT2D eigenvalue weighted by Gasteiger charge is 2.23. The smallest absolute Gasteiger partial charge is 0.238 e. The number of para-hydroxylation sites is 3. The number of hydrogen-bond donors (Lipinski definition) is 0. The molecule has 9 aromatic carbocycles. The summed E-state index contributed by atoms with van der Waals surface area (Å²) in [5.41, 5.74) is 7.32. The molecule has 12 rings (SSSR count). The minimum Gasteiger partial charge on any atom is -0.309 e. The lowest BCUT2D eigenvalue weighted by atomic mass is 9.94. The zero-order valence-corrected chi connectivity index (χ0v) is 30.1. The third-order valence-electron chi connectivity index (χ3n) is 11.3. The third kappa shape index (κ3) is 4.46. The maximum atomic E-state index is 5.43. The van der Waals surface area contributed by atoms with Crippen molar-refractivity contribution >= 4 is 75.9 Å². The molecule has 0 N–H and O–H groups in total. The standard InChI is InChI=1S/C51H31N5/c1-3-15-35(16-4-1)49-52-50(40-22-13-25-43-47(40)38-20-9-11-23-41(38)55(43)36-17-5-2-6-18-36)54-51(53-49)56-42-24-12-10-21-39(42)48-44(56)31-30-34-29-28-33-27-26-32-14-7-8-19-37(32)45(33)46(34)48/h1-31H. The normalized spacial score (nSPS) is 11.9. The van der Waals surface area contributed by atoms with Crippen molar-refractivity contribution in [3.63, 3.8) is 0 Å². The van der Waals surface area contributed by atoms with Gasteiger partial charge < -0.3 is 4.57 Å². The number of rotatable bonds is 4. The van der Waals surface area contributed by atoms with Crippen LogP contribution in [0.2, 0.25) is 0 Å². The molecule has 56 heavy (non-hydrogen) atoms. The first-order valence-electron chi connectivity index (χ1n) is 19.0. The second kappa shape index (κ2) is 11.9. The Bertz CT molecular complexity index is 3520. The minimum absolute atomic E-state index is 0.577. The summed E-state index contributed by atoms with van der Waals surface area (Å²) in [4.78, 5) is 16.0. The largest absolute Gasteiger partial charge is 0.309 e. The molecule has 5 nitrogen and oxygen atoms in total. The summed E-state index contributed by atoms with van der Waals surface area (Å²) in [5, 5.41) is 12.0. The molecule has 0 fully saturated rings. The number of fused-ring (bicyclic) bond motifs is 12. The van der Waals surface area contributed by atoms with Gasteiger partial charge in [-0.3, -0.25) is 4.57 Å². The van der Waals surface area contributed by atoms with E-state index in [2.05, 4.69) is 179 Å². The Balaban J connectivity index is 1.20. The van der Waals surface area contributed by atoms with E-state index in [4.69, 9.17) is 15.0 Å². The fraction of sp³-hybridized carbons (Fsp3) is 0. The first kappa shape index (κ1) is 30.8. The summed E-state index contributed by atoms with van der Waals surface area (Å²) in [6, 6.07) is 66.6. The monoisotopic (exact) mass is 713 g/mol. The lowest BCUT2D eigenvalue weighted by Crippen LogP contribution is -2.06. The van der Waals surface area contributed by atoms with Crippen LogP contribution >= 0.6 is 0 Å². The van der Waals surface area contributed by atoms with Crippen molar-refractivity contribution in [1.82, 2.24) is 24.1 Å². The third-order valence-corrected chi connectivity index (χ3v) is 11.3. The molecule has 0 bridgehead atoms. The van der Waals surface area contributed by atoms with Gasteiger partial charge in [0.25, 0.3) is 0 Å². The first-order valence-corrected chi connectivity index (χ1v) is 19.0. The van der Waals surface area contributed by atoms with Crippen LogP contribution in [-0.4, -0.2) is 24.1 Å². The summed E-state index contributed by atoms with van der Waals surface area (Å²) in [5.74, 6) is 1.82. The molecule has 3 heterocycles. The number of nitrogens with zero attached hydrogens (tertiary/aromatic N) is 5. The predicted molar refractivity (Wildman–Crippen MR) is 232 cm³/mol. The van der Waals surface area contributed by atoms with Crippen molar-refractivity contribution < 1.29 is 0 Å². The Morgan fingerprint density at radius 3 is 1.64 bits per heavy atom. The van der Waals surface area contributed by atoms with E-state index in [0.29, 0.717) is 17.6 Å². The summed E-state index contributed by atoms with van der Waals surface area (Å²) in [6.45, 7) is 0. The molecule has 0 saturated carbocycles. The van der Waals surface area contributed by atoms with Gasteiger partial charge in [0.05, 0.1) is 22.1 Å². The Morgan fingerprint density at radius 2 is 0.857 bits per heavy atom. The van der Waals surface area contributed by atoms with Gasteiger partial charge in [-0.25, -0.2) is 4.98 Å². The zero-order chi connectivity index (χ0) is 36.7. The molecule has 260 valence electrons. The van der Waals surface area contributed by atoms with E-state index in [1.54, 1.807) is 0 Å². The van der Waals surface area contributed by atoms with E-state index in [-0.39, 0.29) is 0 Å². The van der Waals surface area contributed by atoms with Crippen molar-refractivity contribution in [3.05, 3.63) is 188 Å². The van der Waals surface area contributed by atoms with E-state index in [1.165, 1.54) is 37.7 Å².